The number of benzene rings is 3. The number of rotatable bonds is 6. The summed E-state index contributed by atoms with van der Waals surface area (Å²) in [5.74, 6) is 0. The summed E-state index contributed by atoms with van der Waals surface area (Å²) >= 11 is 1.04. The van der Waals surface area contributed by atoms with E-state index in [4.69, 9.17) is 6.48 Å². The van der Waals surface area contributed by atoms with Crippen LogP contribution in [0.3, 0.4) is 0 Å². The van der Waals surface area contributed by atoms with Gasteiger partial charge in [0.25, 0.3) is 0 Å². The molecule has 3 unspecified atom stereocenters. The molecule has 0 saturated heterocycles. The van der Waals surface area contributed by atoms with Gasteiger partial charge in [-0.15, -0.1) is 11.3 Å². The fraction of sp³-hybridized carbons (Fsp3) is 0.241. The topological polar surface area (TPSA) is 74.6 Å². The fourth-order valence-corrected chi connectivity index (χ4v) is 6.56. The number of hydrogen-bond acceptors (Lipinski definition) is 5. The first-order valence-corrected chi connectivity index (χ1v) is 17.5. The minimum atomic E-state index is -4.88. The molecule has 2 N–H and O–H groups in total. The number of halogens is 3. The minimum absolute atomic E-state index is 0. The van der Waals surface area contributed by atoms with Gasteiger partial charge in [0.15, 0.2) is 13.2 Å². The summed E-state index contributed by atoms with van der Waals surface area (Å²) in [6, 6.07) is 32.1. The van der Waals surface area contributed by atoms with Crippen LogP contribution in [-0.2, 0) is 9.13 Å². The first-order valence-electron chi connectivity index (χ1n) is 12.4. The van der Waals surface area contributed by atoms with E-state index in [1.54, 1.807) is 31.4 Å². The summed E-state index contributed by atoms with van der Waals surface area (Å²) in [4.78, 5) is 0.235. The van der Waals surface area contributed by atoms with Crippen LogP contribution in [0.15, 0.2) is 109 Å². The van der Waals surface area contributed by atoms with Gasteiger partial charge >= 0.3 is 6.18 Å². The third kappa shape index (κ3) is 12.5. The molecule has 4 nitrogen and oxygen atoms in total. The maximum Gasteiger partial charge on any atom is 0.414 e. The zero-order valence-corrected chi connectivity index (χ0v) is 27.2. The number of aliphatic hydroxyl groups excluding tert-OH is 2. The smallest absolute Gasteiger partial charge is 0.387 e. The second-order valence-corrected chi connectivity index (χ2v) is 16.7. The summed E-state index contributed by atoms with van der Waals surface area (Å²) in [6.45, 7) is 5.23. The van der Waals surface area contributed by atoms with Crippen molar-refractivity contribution >= 4 is 41.5 Å². The van der Waals surface area contributed by atoms with Crippen molar-refractivity contribution in [3.05, 3.63) is 113 Å². The minimum Gasteiger partial charge on any atom is -0.387 e. The van der Waals surface area contributed by atoms with Crippen molar-refractivity contribution in [2.24, 2.45) is 0 Å². The van der Waals surface area contributed by atoms with Crippen LogP contribution in [0.25, 0.3) is 0 Å². The fourth-order valence-electron chi connectivity index (χ4n) is 3.20. The van der Waals surface area contributed by atoms with Crippen molar-refractivity contribution in [1.29, 1.82) is 0 Å². The van der Waals surface area contributed by atoms with Crippen molar-refractivity contribution in [1.82, 2.24) is 0 Å². The van der Waals surface area contributed by atoms with Crippen LogP contribution in [0.2, 0.25) is 0 Å². The van der Waals surface area contributed by atoms with Gasteiger partial charge in [0.1, 0.15) is 0 Å². The number of hydrogen-bond donors (Lipinski definition) is 2. The zero-order valence-electron chi connectivity index (χ0n) is 23.1. The molecule has 0 aliphatic rings. The molecular formula is C29H33EuF3O4P2S. The molecule has 3 aromatic carbocycles. The van der Waals surface area contributed by atoms with Gasteiger partial charge in [-0.1, -0.05) is 97.1 Å². The second-order valence-electron chi connectivity index (χ2n) is 9.14. The summed E-state index contributed by atoms with van der Waals surface area (Å²) in [7, 11) is -4.42. The Kier molecular flexibility index (Phi) is 15.3. The van der Waals surface area contributed by atoms with Crippen molar-refractivity contribution in [2.45, 2.75) is 24.8 Å². The first-order chi connectivity index (χ1) is 18.7. The van der Waals surface area contributed by atoms with Crippen LogP contribution in [0, 0.1) is 49.4 Å². The third-order valence-corrected chi connectivity index (χ3v) is 8.91. The normalized spacial score (nSPS) is 14.1. The molecule has 0 fully saturated rings. The van der Waals surface area contributed by atoms with Gasteiger partial charge in [-0.3, -0.25) is 0 Å². The van der Waals surface area contributed by atoms with Crippen LogP contribution < -0.4 is 15.9 Å². The van der Waals surface area contributed by atoms with E-state index in [9.17, 15) is 27.4 Å². The predicted octanol–water partition coefficient (Wildman–Crippen LogP) is 6.66. The Morgan fingerprint density at radius 2 is 1.10 bits per heavy atom. The number of thiophene rings is 1. The Balaban J connectivity index is 0.000000356. The Morgan fingerprint density at radius 3 is 1.38 bits per heavy atom. The summed E-state index contributed by atoms with van der Waals surface area (Å²) in [5, 5.41) is 22.3. The number of alkyl halides is 3. The molecule has 40 heavy (non-hydrogen) atoms. The van der Waals surface area contributed by atoms with Gasteiger partial charge in [0.2, 0.25) is 0 Å². The first kappa shape index (κ1) is 35.3. The van der Waals surface area contributed by atoms with E-state index in [2.05, 4.69) is 0 Å². The molecule has 1 radical (unpaired) electrons. The van der Waals surface area contributed by atoms with Crippen LogP contribution >= 0.6 is 25.6 Å². The molecule has 3 atom stereocenters. The van der Waals surface area contributed by atoms with E-state index in [1.807, 2.05) is 91.0 Å². The molecule has 0 saturated carbocycles. The van der Waals surface area contributed by atoms with Gasteiger partial charge in [-0.05, 0) is 31.4 Å². The summed E-state index contributed by atoms with van der Waals surface area (Å²) in [5.41, 5.74) is 0. The summed E-state index contributed by atoms with van der Waals surface area (Å²) in [6.07, 6.45) is -11.4. The average molecular weight is 750 g/mol. The molecule has 4 aromatic rings. The molecule has 11 heteroatoms. The van der Waals surface area contributed by atoms with Gasteiger partial charge in [-0.25, -0.2) is 0 Å². The van der Waals surface area contributed by atoms with Crippen molar-refractivity contribution < 1.29 is 83.3 Å². The average Bonchev–Trinajstić information content (AvgIpc) is 3.47. The van der Waals surface area contributed by atoms with E-state index < -0.39 is 39.1 Å². The molecule has 1 aromatic heterocycles. The van der Waals surface area contributed by atoms with Gasteiger partial charge in [-0.2, -0.15) is 13.2 Å². The third-order valence-electron chi connectivity index (χ3n) is 4.89. The van der Waals surface area contributed by atoms with Crippen molar-refractivity contribution in [3.8, 4) is 0 Å². The Morgan fingerprint density at radius 1 is 0.750 bits per heavy atom. The molecule has 0 amide bonds. The van der Waals surface area contributed by atoms with Gasteiger partial charge in [0, 0.05) is 77.9 Å². The molecule has 0 bridgehead atoms. The van der Waals surface area contributed by atoms with Crippen LogP contribution in [0.5, 0.6) is 0 Å². The van der Waals surface area contributed by atoms with E-state index in [0.29, 0.717) is 0 Å². The standard InChI is InChI=1S/C18H15OP.C8H9F3O2S.C3H9OP.Eu/c19-20(16-10-4-1-5-11-16,17-12-6-2-7-13-17)18-14-8-3-9-15-18;9-8(10,11)7(13)4-5(12)6-2-1-3-14-6;1-5(2,3)4;/h1-15H;1-3,5,7,12-13H,4H2;1-3H3;/i;4D;;. The van der Waals surface area contributed by atoms with Gasteiger partial charge in [0.05, 0.1) is 13.2 Å². The van der Waals surface area contributed by atoms with Crippen molar-refractivity contribution in [3.63, 3.8) is 0 Å². The van der Waals surface area contributed by atoms with E-state index in [0.717, 1.165) is 27.3 Å². The monoisotopic (exact) mass is 750 g/mol. The van der Waals surface area contributed by atoms with E-state index >= 15 is 0 Å². The van der Waals surface area contributed by atoms with Gasteiger partial charge < -0.3 is 19.3 Å². The molecule has 0 aliphatic heterocycles. The van der Waals surface area contributed by atoms with E-state index in [-0.39, 0.29) is 54.3 Å². The zero-order chi connectivity index (χ0) is 30.0. The SMILES string of the molecule is CP(C)(C)=O.O=P(c1ccccc1)(c1ccccc1)c1ccccc1.[2H]C(C(O)c1cccs1)C(O)C(F)(F)F.[Eu]. The molecule has 0 spiro atoms. The van der Waals surface area contributed by atoms with Crippen molar-refractivity contribution in [2.75, 3.05) is 20.0 Å². The Hall–Kier alpha value is -0.886. The van der Waals surface area contributed by atoms with Crippen LogP contribution in [-0.4, -0.2) is 42.5 Å². The van der Waals surface area contributed by atoms with Crippen LogP contribution in [0.1, 0.15) is 18.7 Å². The quantitative estimate of drug-likeness (QED) is 0.217. The molecule has 0 aliphatic carbocycles. The maximum absolute atomic E-state index is 13.8. The summed E-state index contributed by atoms with van der Waals surface area (Å²) < 4.78 is 67.2. The predicted molar refractivity (Wildman–Crippen MR) is 157 cm³/mol. The maximum atomic E-state index is 13.8. The van der Waals surface area contributed by atoms with Crippen LogP contribution in [0.4, 0.5) is 13.2 Å². The number of aliphatic hydroxyl groups is 2. The molecule has 217 valence electrons. The largest absolute Gasteiger partial charge is 0.414 e. The second kappa shape index (κ2) is 17.3. The molecular weight excluding hydrogens is 715 g/mol. The molecule has 1 heterocycles. The Bertz CT molecular complexity index is 1260. The molecule has 4 rings (SSSR count). The van der Waals surface area contributed by atoms with E-state index in [1.165, 1.54) is 6.07 Å². The Labute approximate surface area is 280 Å².